The van der Waals surface area contributed by atoms with Gasteiger partial charge in [-0.2, -0.15) is 0 Å². The van der Waals surface area contributed by atoms with Gasteiger partial charge in [-0.25, -0.2) is 0 Å². The minimum atomic E-state index is -0.171. The zero-order chi connectivity index (χ0) is 5.70. The predicted octanol–water partition coefficient (Wildman–Crippen LogP) is 2.54. The van der Waals surface area contributed by atoms with E-state index in [1.807, 2.05) is 0 Å². The summed E-state index contributed by atoms with van der Waals surface area (Å²) < 4.78 is 0. The van der Waals surface area contributed by atoms with Crippen LogP contribution in [0.4, 0.5) is 0 Å². The van der Waals surface area contributed by atoms with Crippen LogP contribution in [0.5, 0.6) is 0 Å². The molecule has 0 saturated carbocycles. The first-order chi connectivity index (χ1) is 3.35. The van der Waals surface area contributed by atoms with Crippen LogP contribution < -0.4 is 0 Å². The zero-order valence-electron chi connectivity index (χ0n) is 6.20. The van der Waals surface area contributed by atoms with Gasteiger partial charge in [0.05, 0.1) is 0 Å². The Labute approximate surface area is 72.3 Å². The van der Waals surface area contributed by atoms with E-state index in [0.717, 1.165) is 0 Å². The molecule has 0 radical (unpaired) electrons. The summed E-state index contributed by atoms with van der Waals surface area (Å²) in [6, 6.07) is 0. The average Bonchev–Trinajstić information content (AvgIpc) is 1.72. The smallest absolute Gasteiger partial charge is 0.0967 e. The summed E-state index contributed by atoms with van der Waals surface area (Å²) in [6.45, 7) is 6.97. The Kier molecular flexibility index (Phi) is 12.3. The molecule has 8 heavy (non-hydrogen) atoms. The Morgan fingerprint density at radius 2 is 1.12 bits per heavy atom. The van der Waals surface area contributed by atoms with Crippen molar-refractivity contribution >= 4 is 14.1 Å². The Hall–Kier alpha value is 1.25. The summed E-state index contributed by atoms with van der Waals surface area (Å²) in [5.74, 6) is 0. The molecule has 0 spiro atoms. The van der Waals surface area contributed by atoms with E-state index in [1.165, 1.54) is 15.8 Å². The third kappa shape index (κ3) is 5.38. The molecule has 0 nitrogen and oxygen atoms in total. The number of hydrogen-bond acceptors (Lipinski definition) is 0. The summed E-state index contributed by atoms with van der Waals surface area (Å²) in [7, 11) is 0. The average molecular weight is 162 g/mol. The van der Waals surface area contributed by atoms with Crippen molar-refractivity contribution in [3.8, 4) is 0 Å². The molecule has 0 atom stereocenters. The van der Waals surface area contributed by atoms with Crippen LogP contribution in [0.1, 0.15) is 20.8 Å². The fraction of sp³-hybridized carbons (Fsp3) is 1.00. The summed E-state index contributed by atoms with van der Waals surface area (Å²) in [4.78, 5) is 0. The van der Waals surface area contributed by atoms with Crippen LogP contribution in [-0.4, -0.2) is 14.1 Å². The molecule has 0 aromatic rings. The van der Waals surface area contributed by atoms with E-state index in [9.17, 15) is 0 Å². The molecule has 0 aromatic heterocycles. The molecule has 0 aromatic carbocycles. The fourth-order valence-electron chi connectivity index (χ4n) is 0.866. The third-order valence-electron chi connectivity index (χ3n) is 1.73. The van der Waals surface area contributed by atoms with E-state index in [4.69, 9.17) is 0 Å². The summed E-state index contributed by atoms with van der Waals surface area (Å²) >= 11 is -0.171. The monoisotopic (exact) mass is 162 g/mol. The Morgan fingerprint density at radius 1 is 0.875 bits per heavy atom. The van der Waals surface area contributed by atoms with Gasteiger partial charge in [-0.1, -0.05) is 36.6 Å². The van der Waals surface area contributed by atoms with Crippen LogP contribution in [0.15, 0.2) is 0 Å². The molecule has 0 heterocycles. The maximum Gasteiger partial charge on any atom is 0.261 e. The van der Waals surface area contributed by atoms with Gasteiger partial charge in [0.1, 0.15) is 0 Å². The van der Waals surface area contributed by atoms with Crippen molar-refractivity contribution in [3.05, 3.63) is 0 Å². The van der Waals surface area contributed by atoms with Crippen LogP contribution in [0.25, 0.3) is 0 Å². The van der Waals surface area contributed by atoms with Gasteiger partial charge in [0, 0.05) is 21.7 Å². The van der Waals surface area contributed by atoms with Gasteiger partial charge in [0.2, 0.25) is 0 Å². The van der Waals surface area contributed by atoms with Gasteiger partial charge in [0.15, 0.2) is 0 Å². The summed E-state index contributed by atoms with van der Waals surface area (Å²) in [5, 5.41) is 4.48. The zero-order valence-corrected chi connectivity index (χ0v) is 8.91. The molecular weight excluding hydrogens is 147 g/mol. The minimum absolute atomic E-state index is 0. The van der Waals surface area contributed by atoms with Crippen molar-refractivity contribution in [1.82, 2.24) is 0 Å². The van der Waals surface area contributed by atoms with Crippen LogP contribution in [-0.2, 0) is 21.7 Å². The van der Waals surface area contributed by atoms with Crippen molar-refractivity contribution in [2.24, 2.45) is 0 Å². The van der Waals surface area contributed by atoms with Crippen LogP contribution in [0.3, 0.4) is 0 Å². The SMILES string of the molecule is C[CH2][Al]([CH2]C)[CH2]C.[Ti]. The van der Waals surface area contributed by atoms with Gasteiger partial charge >= 0.3 is 0 Å². The van der Waals surface area contributed by atoms with Crippen LogP contribution in [0.2, 0.25) is 15.8 Å². The molecule has 0 N–H and O–H groups in total. The Morgan fingerprint density at radius 3 is 1.12 bits per heavy atom. The topological polar surface area (TPSA) is 0 Å². The third-order valence-corrected chi connectivity index (χ3v) is 5.20. The molecule has 0 aliphatic carbocycles. The summed E-state index contributed by atoms with van der Waals surface area (Å²) in [5.41, 5.74) is 0. The first-order valence-corrected chi connectivity index (χ1v) is 5.80. The fourth-order valence-corrected chi connectivity index (χ4v) is 2.60. The predicted molar refractivity (Wildman–Crippen MR) is 37.2 cm³/mol. The molecule has 0 bridgehead atoms. The Balaban J connectivity index is 0. The maximum absolute atomic E-state index is 2.32. The van der Waals surface area contributed by atoms with E-state index >= 15 is 0 Å². The van der Waals surface area contributed by atoms with Gasteiger partial charge in [0.25, 0.3) is 14.1 Å². The second-order valence-corrected chi connectivity index (χ2v) is 6.27. The molecule has 46 valence electrons. The van der Waals surface area contributed by atoms with Crippen LogP contribution >= 0.6 is 0 Å². The number of rotatable bonds is 3. The van der Waals surface area contributed by atoms with Gasteiger partial charge in [-0.15, -0.1) is 0 Å². The van der Waals surface area contributed by atoms with Gasteiger partial charge in [-0.05, 0) is 0 Å². The second kappa shape index (κ2) is 8.25. The number of hydrogen-bond donors (Lipinski definition) is 0. The molecule has 0 fully saturated rings. The maximum atomic E-state index is 2.32. The van der Waals surface area contributed by atoms with Crippen molar-refractivity contribution in [1.29, 1.82) is 0 Å². The van der Waals surface area contributed by atoms with Gasteiger partial charge < -0.3 is 0 Å². The largest absolute Gasteiger partial charge is 0.261 e. The molecule has 0 unspecified atom stereocenters. The first-order valence-electron chi connectivity index (χ1n) is 3.35. The normalized spacial score (nSPS) is 7.88. The molecular formula is C6H15AlTi. The van der Waals surface area contributed by atoms with Crippen molar-refractivity contribution in [2.75, 3.05) is 0 Å². The molecule has 0 amide bonds. The van der Waals surface area contributed by atoms with E-state index in [0.29, 0.717) is 0 Å². The van der Waals surface area contributed by atoms with E-state index in [-0.39, 0.29) is 35.9 Å². The van der Waals surface area contributed by atoms with Crippen LogP contribution in [0, 0.1) is 0 Å². The molecule has 0 rings (SSSR count). The van der Waals surface area contributed by atoms with E-state index < -0.39 is 0 Å². The van der Waals surface area contributed by atoms with E-state index in [1.54, 1.807) is 0 Å². The second-order valence-electron chi connectivity index (χ2n) is 2.09. The minimum Gasteiger partial charge on any atom is -0.0967 e. The van der Waals surface area contributed by atoms with Crippen molar-refractivity contribution in [3.63, 3.8) is 0 Å². The van der Waals surface area contributed by atoms with Crippen molar-refractivity contribution in [2.45, 2.75) is 36.6 Å². The molecule has 2 heteroatoms. The Bertz CT molecular complexity index is 30.0. The summed E-state index contributed by atoms with van der Waals surface area (Å²) in [6.07, 6.45) is 0. The first kappa shape index (κ1) is 12.0. The molecule has 0 aliphatic heterocycles. The van der Waals surface area contributed by atoms with Gasteiger partial charge in [-0.3, -0.25) is 0 Å². The molecule has 0 saturated heterocycles. The quantitative estimate of drug-likeness (QED) is 0.559. The molecule has 0 aliphatic rings. The van der Waals surface area contributed by atoms with E-state index in [2.05, 4.69) is 20.8 Å². The van der Waals surface area contributed by atoms with Crippen molar-refractivity contribution < 1.29 is 21.7 Å². The standard InChI is InChI=1S/3C2H5.Al.Ti/c3*1-2;;/h3*1H2,2H3;;.